The van der Waals surface area contributed by atoms with Crippen molar-refractivity contribution in [3.8, 4) is 23.7 Å². The summed E-state index contributed by atoms with van der Waals surface area (Å²) in [6.45, 7) is 2.58. The fourth-order valence-corrected chi connectivity index (χ4v) is 1.74. The molecule has 0 radical (unpaired) electrons. The lowest BCUT2D eigenvalue weighted by Gasteiger charge is -2.01. The highest BCUT2D eigenvalue weighted by molar-refractivity contribution is 6.31. The summed E-state index contributed by atoms with van der Waals surface area (Å²) < 4.78 is 5.36. The van der Waals surface area contributed by atoms with E-state index in [0.29, 0.717) is 17.2 Å². The van der Waals surface area contributed by atoms with Crippen LogP contribution >= 0.6 is 11.6 Å². The summed E-state index contributed by atoms with van der Waals surface area (Å²) in [5.74, 6) is 6.79. The van der Waals surface area contributed by atoms with Crippen LogP contribution in [0.5, 0.6) is 5.75 Å². The average molecular weight is 283 g/mol. The summed E-state index contributed by atoms with van der Waals surface area (Å²) in [4.78, 5) is 3.93. The van der Waals surface area contributed by atoms with E-state index in [0.717, 1.165) is 11.3 Å². The number of halogens is 1. The first kappa shape index (κ1) is 13.9. The zero-order valence-corrected chi connectivity index (χ0v) is 11.6. The number of ether oxygens (including phenoxy) is 1. The molecule has 0 spiro atoms. The van der Waals surface area contributed by atoms with Gasteiger partial charge in [-0.25, -0.2) is 4.98 Å². The highest BCUT2D eigenvalue weighted by atomic mass is 35.5. The molecule has 20 heavy (non-hydrogen) atoms. The van der Waals surface area contributed by atoms with E-state index in [1.54, 1.807) is 6.07 Å². The predicted octanol–water partition coefficient (Wildman–Crippen LogP) is 3.41. The van der Waals surface area contributed by atoms with Crippen molar-refractivity contribution in [2.75, 3.05) is 6.61 Å². The first-order valence-corrected chi connectivity index (χ1v) is 6.41. The van der Waals surface area contributed by atoms with Gasteiger partial charge in [-0.2, -0.15) is 5.26 Å². The number of benzene rings is 1. The van der Waals surface area contributed by atoms with E-state index in [2.05, 4.69) is 16.8 Å². The van der Waals surface area contributed by atoms with Gasteiger partial charge in [0.1, 0.15) is 11.8 Å². The lowest BCUT2D eigenvalue weighted by molar-refractivity contribution is 0.340. The number of rotatable bonds is 2. The molecule has 4 heteroatoms. The third-order valence-electron chi connectivity index (χ3n) is 2.46. The Balaban J connectivity index is 2.18. The van der Waals surface area contributed by atoms with Crippen LogP contribution in [-0.2, 0) is 0 Å². The molecule has 2 rings (SSSR count). The van der Waals surface area contributed by atoms with E-state index in [9.17, 15) is 0 Å². The van der Waals surface area contributed by atoms with Crippen molar-refractivity contribution in [1.82, 2.24) is 4.98 Å². The maximum absolute atomic E-state index is 8.74. The van der Waals surface area contributed by atoms with E-state index >= 15 is 0 Å². The Hall–Kier alpha value is -2.49. The molecule has 0 aliphatic carbocycles. The van der Waals surface area contributed by atoms with Gasteiger partial charge < -0.3 is 4.74 Å². The van der Waals surface area contributed by atoms with Crippen molar-refractivity contribution in [2.24, 2.45) is 0 Å². The Morgan fingerprint density at radius 1 is 1.20 bits per heavy atom. The van der Waals surface area contributed by atoms with Crippen LogP contribution in [0, 0.1) is 23.2 Å². The molecule has 0 saturated heterocycles. The van der Waals surface area contributed by atoms with Gasteiger partial charge in [-0.1, -0.05) is 23.4 Å². The molecule has 1 aromatic heterocycles. The van der Waals surface area contributed by atoms with Gasteiger partial charge in [-0.15, -0.1) is 0 Å². The third kappa shape index (κ3) is 3.51. The zero-order valence-electron chi connectivity index (χ0n) is 10.9. The second-order valence-electron chi connectivity index (χ2n) is 3.87. The van der Waals surface area contributed by atoms with Gasteiger partial charge in [-0.05, 0) is 37.3 Å². The molecule has 0 aliphatic heterocycles. The molecule has 0 aliphatic rings. The van der Waals surface area contributed by atoms with Crippen molar-refractivity contribution in [3.05, 3.63) is 58.4 Å². The normalized spacial score (nSPS) is 9.25. The fourth-order valence-electron chi connectivity index (χ4n) is 1.53. The van der Waals surface area contributed by atoms with E-state index in [4.69, 9.17) is 21.6 Å². The smallest absolute Gasteiger partial charge is 0.159 e. The van der Waals surface area contributed by atoms with Crippen LogP contribution in [0.2, 0.25) is 5.02 Å². The number of nitriles is 1. The lowest BCUT2D eigenvalue weighted by atomic mass is 10.2. The van der Waals surface area contributed by atoms with E-state index < -0.39 is 0 Å². The zero-order chi connectivity index (χ0) is 14.4. The molecule has 0 fully saturated rings. The molecule has 0 atom stereocenters. The summed E-state index contributed by atoms with van der Waals surface area (Å²) in [6.07, 6.45) is 1.53. The molecular weight excluding hydrogens is 272 g/mol. The first-order chi connectivity index (χ1) is 9.72. The molecule has 1 aromatic carbocycles. The van der Waals surface area contributed by atoms with Gasteiger partial charge in [0.2, 0.25) is 0 Å². The molecule has 1 heterocycles. The highest BCUT2D eigenvalue weighted by Gasteiger charge is 2.00. The van der Waals surface area contributed by atoms with Gasteiger partial charge in [0, 0.05) is 17.3 Å². The predicted molar refractivity (Wildman–Crippen MR) is 77.6 cm³/mol. The van der Waals surface area contributed by atoms with Crippen molar-refractivity contribution >= 4 is 11.6 Å². The average Bonchev–Trinajstić information content (AvgIpc) is 2.47. The molecule has 3 nitrogen and oxygen atoms in total. The van der Waals surface area contributed by atoms with Crippen LogP contribution in [0.25, 0.3) is 0 Å². The standard InChI is InChI=1S/C16H11ClN2O/c1-2-20-14-7-5-12(6-8-14)3-4-13-9-15(17)16(10-18)19-11-13/h5-9,11H,2H2,1H3. The second kappa shape index (κ2) is 6.61. The van der Waals surface area contributed by atoms with Gasteiger partial charge in [0.25, 0.3) is 0 Å². The minimum atomic E-state index is 0.207. The Kier molecular flexibility index (Phi) is 4.60. The molecule has 2 aromatic rings. The quantitative estimate of drug-likeness (QED) is 0.793. The van der Waals surface area contributed by atoms with Gasteiger partial charge in [0.15, 0.2) is 5.69 Å². The van der Waals surface area contributed by atoms with Crippen molar-refractivity contribution in [3.63, 3.8) is 0 Å². The topological polar surface area (TPSA) is 45.9 Å². The molecule has 0 amide bonds. The second-order valence-corrected chi connectivity index (χ2v) is 4.28. The van der Waals surface area contributed by atoms with Crippen LogP contribution in [0.15, 0.2) is 36.5 Å². The van der Waals surface area contributed by atoms with E-state index in [1.165, 1.54) is 6.20 Å². The van der Waals surface area contributed by atoms with Crippen LogP contribution in [0.3, 0.4) is 0 Å². The number of hydrogen-bond acceptors (Lipinski definition) is 3. The maximum atomic E-state index is 8.74. The van der Waals surface area contributed by atoms with Crippen LogP contribution in [-0.4, -0.2) is 11.6 Å². The summed E-state index contributed by atoms with van der Waals surface area (Å²) in [5.41, 5.74) is 1.75. The van der Waals surface area contributed by atoms with E-state index in [-0.39, 0.29) is 5.69 Å². The van der Waals surface area contributed by atoms with Crippen molar-refractivity contribution < 1.29 is 4.74 Å². The van der Waals surface area contributed by atoms with Crippen molar-refractivity contribution in [1.29, 1.82) is 5.26 Å². The number of nitrogens with zero attached hydrogens (tertiary/aromatic N) is 2. The minimum absolute atomic E-state index is 0.207. The molecule has 0 saturated carbocycles. The molecule has 0 unspecified atom stereocenters. The van der Waals surface area contributed by atoms with Gasteiger partial charge in [0.05, 0.1) is 11.6 Å². The number of aromatic nitrogens is 1. The fraction of sp³-hybridized carbons (Fsp3) is 0.125. The van der Waals surface area contributed by atoms with Crippen molar-refractivity contribution in [2.45, 2.75) is 6.92 Å². The Labute approximate surface area is 122 Å². The summed E-state index contributed by atoms with van der Waals surface area (Å²) in [7, 11) is 0. The molecule has 0 bridgehead atoms. The van der Waals surface area contributed by atoms with Crippen LogP contribution < -0.4 is 4.74 Å². The maximum Gasteiger partial charge on any atom is 0.159 e. The molecule has 0 N–H and O–H groups in total. The minimum Gasteiger partial charge on any atom is -0.494 e. The van der Waals surface area contributed by atoms with Crippen LogP contribution in [0.1, 0.15) is 23.7 Å². The van der Waals surface area contributed by atoms with E-state index in [1.807, 2.05) is 37.3 Å². The van der Waals surface area contributed by atoms with Crippen LogP contribution in [0.4, 0.5) is 0 Å². The Bertz CT molecular complexity index is 706. The summed E-state index contributed by atoms with van der Waals surface area (Å²) in [6, 6.07) is 11.1. The first-order valence-electron chi connectivity index (χ1n) is 6.03. The largest absolute Gasteiger partial charge is 0.494 e. The Morgan fingerprint density at radius 2 is 1.90 bits per heavy atom. The monoisotopic (exact) mass is 282 g/mol. The SMILES string of the molecule is CCOc1ccc(C#Cc2cnc(C#N)c(Cl)c2)cc1. The summed E-state index contributed by atoms with van der Waals surface area (Å²) in [5, 5.41) is 9.05. The number of hydrogen-bond donors (Lipinski definition) is 0. The lowest BCUT2D eigenvalue weighted by Crippen LogP contribution is -1.90. The number of pyridine rings is 1. The third-order valence-corrected chi connectivity index (χ3v) is 2.75. The molecule has 98 valence electrons. The Morgan fingerprint density at radius 3 is 2.50 bits per heavy atom. The molecular formula is C16H11ClN2O. The van der Waals surface area contributed by atoms with Gasteiger partial charge in [-0.3, -0.25) is 0 Å². The van der Waals surface area contributed by atoms with Gasteiger partial charge >= 0.3 is 0 Å². The highest BCUT2D eigenvalue weighted by Crippen LogP contribution is 2.14. The summed E-state index contributed by atoms with van der Waals surface area (Å²) >= 11 is 5.90.